The molecule has 2 saturated heterocycles. The minimum absolute atomic E-state index is 0.197. The summed E-state index contributed by atoms with van der Waals surface area (Å²) in [6, 6.07) is 6.55. The van der Waals surface area contributed by atoms with Crippen LogP contribution in [0.1, 0.15) is 44.1 Å². The first-order valence-electron chi connectivity index (χ1n) is 9.93. The summed E-state index contributed by atoms with van der Waals surface area (Å²) >= 11 is 0. The molecule has 2 atom stereocenters. The van der Waals surface area contributed by atoms with E-state index in [2.05, 4.69) is 10.2 Å². The predicted octanol–water partition coefficient (Wildman–Crippen LogP) is 3.02. The van der Waals surface area contributed by atoms with Gasteiger partial charge in [-0.05, 0) is 68.8 Å². The monoisotopic (exact) mass is 360 g/mol. The summed E-state index contributed by atoms with van der Waals surface area (Å²) in [5, 5.41) is 3.11. The van der Waals surface area contributed by atoms with Gasteiger partial charge in [-0.25, -0.2) is 0 Å². The molecule has 0 aliphatic carbocycles. The maximum absolute atomic E-state index is 12.4. The zero-order valence-electron chi connectivity index (χ0n) is 16.1. The normalized spacial score (nSPS) is 23.2. The Morgan fingerprint density at radius 2 is 1.92 bits per heavy atom. The number of piperidine rings is 2. The van der Waals surface area contributed by atoms with Crippen molar-refractivity contribution in [2.45, 2.75) is 51.0 Å². The molecule has 1 aromatic carbocycles. The molecule has 1 amide bonds. The number of carbonyl (C=O) groups is 1. The number of hydrogen-bond donors (Lipinski definition) is 1. The molecular formula is C21H32N2O3. The minimum atomic E-state index is 0.197. The van der Waals surface area contributed by atoms with Gasteiger partial charge in [0.05, 0.1) is 14.2 Å². The molecule has 1 aromatic rings. The van der Waals surface area contributed by atoms with Gasteiger partial charge in [-0.2, -0.15) is 0 Å². The van der Waals surface area contributed by atoms with Crippen LogP contribution in [0.5, 0.6) is 11.5 Å². The van der Waals surface area contributed by atoms with Gasteiger partial charge in [-0.15, -0.1) is 0 Å². The Bertz CT molecular complexity index is 603. The third-order valence-corrected chi connectivity index (χ3v) is 5.86. The van der Waals surface area contributed by atoms with E-state index in [1.165, 1.54) is 45.2 Å². The number of methoxy groups -OCH3 is 2. The van der Waals surface area contributed by atoms with Crippen LogP contribution in [-0.2, 0) is 11.2 Å². The Hall–Kier alpha value is -1.75. The van der Waals surface area contributed by atoms with E-state index < -0.39 is 0 Å². The van der Waals surface area contributed by atoms with Crippen molar-refractivity contribution in [2.24, 2.45) is 5.92 Å². The zero-order valence-corrected chi connectivity index (χ0v) is 16.1. The lowest BCUT2D eigenvalue weighted by molar-refractivity contribution is -0.123. The second-order valence-corrected chi connectivity index (χ2v) is 7.49. The van der Waals surface area contributed by atoms with Crippen LogP contribution in [0.2, 0.25) is 0 Å². The molecule has 5 nitrogen and oxygen atoms in total. The van der Waals surface area contributed by atoms with E-state index in [9.17, 15) is 4.79 Å². The van der Waals surface area contributed by atoms with E-state index in [1.54, 1.807) is 14.2 Å². The highest BCUT2D eigenvalue weighted by molar-refractivity contribution is 5.76. The van der Waals surface area contributed by atoms with Crippen molar-refractivity contribution in [3.05, 3.63) is 23.8 Å². The molecule has 2 fully saturated rings. The molecule has 0 radical (unpaired) electrons. The van der Waals surface area contributed by atoms with Crippen molar-refractivity contribution in [3.8, 4) is 11.5 Å². The number of nitrogens with one attached hydrogen (secondary N) is 1. The third-order valence-electron chi connectivity index (χ3n) is 5.86. The van der Waals surface area contributed by atoms with Crippen molar-refractivity contribution in [2.75, 3.05) is 33.9 Å². The summed E-state index contributed by atoms with van der Waals surface area (Å²) < 4.78 is 10.6. The van der Waals surface area contributed by atoms with Crippen LogP contribution in [0.15, 0.2) is 18.2 Å². The van der Waals surface area contributed by atoms with Crippen LogP contribution in [-0.4, -0.2) is 50.7 Å². The van der Waals surface area contributed by atoms with Crippen molar-refractivity contribution in [1.82, 2.24) is 10.2 Å². The number of benzene rings is 1. The lowest BCUT2D eigenvalue weighted by Gasteiger charge is -2.44. The summed E-state index contributed by atoms with van der Waals surface area (Å²) in [5.74, 6) is 2.19. The quantitative estimate of drug-likeness (QED) is 0.812. The molecule has 26 heavy (non-hydrogen) atoms. The zero-order chi connectivity index (χ0) is 18.4. The topological polar surface area (TPSA) is 50.8 Å². The molecule has 0 unspecified atom stereocenters. The fraction of sp³-hybridized carbons (Fsp3) is 0.667. The Labute approximate surface area is 157 Å². The van der Waals surface area contributed by atoms with Crippen LogP contribution in [0.25, 0.3) is 0 Å². The van der Waals surface area contributed by atoms with Gasteiger partial charge in [0.2, 0.25) is 5.91 Å². The minimum Gasteiger partial charge on any atom is -0.493 e. The highest BCUT2D eigenvalue weighted by atomic mass is 16.5. The van der Waals surface area contributed by atoms with E-state index in [4.69, 9.17) is 9.47 Å². The van der Waals surface area contributed by atoms with Crippen LogP contribution < -0.4 is 14.8 Å². The van der Waals surface area contributed by atoms with Gasteiger partial charge in [0, 0.05) is 19.0 Å². The predicted molar refractivity (Wildman–Crippen MR) is 103 cm³/mol. The van der Waals surface area contributed by atoms with E-state index in [-0.39, 0.29) is 5.91 Å². The van der Waals surface area contributed by atoms with Crippen molar-refractivity contribution in [3.63, 3.8) is 0 Å². The number of carbonyl (C=O) groups excluding carboxylic acids is 1. The fourth-order valence-electron chi connectivity index (χ4n) is 4.51. The van der Waals surface area contributed by atoms with E-state index in [0.717, 1.165) is 23.5 Å². The maximum Gasteiger partial charge on any atom is 0.220 e. The van der Waals surface area contributed by atoms with Crippen LogP contribution in [0.4, 0.5) is 0 Å². The van der Waals surface area contributed by atoms with Gasteiger partial charge in [0.15, 0.2) is 11.5 Å². The summed E-state index contributed by atoms with van der Waals surface area (Å²) in [7, 11) is 3.28. The molecule has 1 N–H and O–H groups in total. The van der Waals surface area contributed by atoms with Gasteiger partial charge in [0.1, 0.15) is 0 Å². The van der Waals surface area contributed by atoms with Gasteiger partial charge in [0.25, 0.3) is 0 Å². The van der Waals surface area contributed by atoms with Crippen molar-refractivity contribution < 1.29 is 14.3 Å². The Balaban J connectivity index is 1.45. The molecule has 5 heteroatoms. The first kappa shape index (κ1) is 19.0. The Morgan fingerprint density at radius 1 is 1.12 bits per heavy atom. The van der Waals surface area contributed by atoms with Gasteiger partial charge in [-0.3, -0.25) is 4.79 Å². The highest BCUT2D eigenvalue weighted by Crippen LogP contribution is 2.32. The largest absolute Gasteiger partial charge is 0.493 e. The van der Waals surface area contributed by atoms with Crippen LogP contribution in [0.3, 0.4) is 0 Å². The smallest absolute Gasteiger partial charge is 0.220 e. The Kier molecular flexibility index (Phi) is 6.78. The first-order chi connectivity index (χ1) is 12.7. The molecule has 144 valence electrons. The lowest BCUT2D eigenvalue weighted by Crippen LogP contribution is -2.49. The molecule has 0 saturated carbocycles. The van der Waals surface area contributed by atoms with Crippen molar-refractivity contribution >= 4 is 5.91 Å². The third kappa shape index (κ3) is 4.70. The molecule has 0 spiro atoms. The van der Waals surface area contributed by atoms with E-state index >= 15 is 0 Å². The van der Waals surface area contributed by atoms with E-state index in [1.807, 2.05) is 18.2 Å². The molecule has 3 rings (SSSR count). The number of rotatable bonds is 7. The number of nitrogens with zero attached hydrogens (tertiary/aromatic N) is 1. The summed E-state index contributed by atoms with van der Waals surface area (Å²) in [4.78, 5) is 15.0. The number of ether oxygens (including phenoxy) is 2. The lowest BCUT2D eigenvalue weighted by atomic mass is 9.81. The molecule has 0 bridgehead atoms. The molecule has 0 aromatic heterocycles. The van der Waals surface area contributed by atoms with Gasteiger partial charge >= 0.3 is 0 Å². The molecular weight excluding hydrogens is 328 g/mol. The highest BCUT2D eigenvalue weighted by Gasteiger charge is 2.33. The fourth-order valence-corrected chi connectivity index (χ4v) is 4.51. The number of fused-ring (bicyclic) bond motifs is 1. The summed E-state index contributed by atoms with van der Waals surface area (Å²) in [5.41, 5.74) is 1.14. The number of amides is 1. The summed E-state index contributed by atoms with van der Waals surface area (Å²) in [6.45, 7) is 3.11. The average molecular weight is 360 g/mol. The van der Waals surface area contributed by atoms with Crippen LogP contribution >= 0.6 is 0 Å². The average Bonchev–Trinajstić information content (AvgIpc) is 2.68. The standard InChI is InChI=1S/C21H32N2O3/c1-25-19-9-8-16(14-20(19)26-2)10-11-22-21(24)15-17-6-5-13-23-12-4-3-7-18(17)23/h8-9,14,17-18H,3-7,10-13,15H2,1-2H3,(H,22,24)/t17-,18+/m1/s1. The summed E-state index contributed by atoms with van der Waals surface area (Å²) in [6.07, 6.45) is 7.81. The molecule has 2 aliphatic heterocycles. The van der Waals surface area contributed by atoms with E-state index in [0.29, 0.717) is 24.9 Å². The first-order valence-corrected chi connectivity index (χ1v) is 9.93. The SMILES string of the molecule is COc1ccc(CCNC(=O)C[C@H]2CCCN3CCCC[C@@H]23)cc1OC. The van der Waals surface area contributed by atoms with Gasteiger partial charge < -0.3 is 19.7 Å². The maximum atomic E-state index is 12.4. The Morgan fingerprint density at radius 3 is 2.73 bits per heavy atom. The van der Waals surface area contributed by atoms with Gasteiger partial charge in [-0.1, -0.05) is 12.5 Å². The second-order valence-electron chi connectivity index (χ2n) is 7.49. The van der Waals surface area contributed by atoms with Crippen molar-refractivity contribution in [1.29, 1.82) is 0 Å². The van der Waals surface area contributed by atoms with Crippen LogP contribution in [0, 0.1) is 5.92 Å². The molecule has 2 aliphatic rings. The second kappa shape index (κ2) is 9.26. The number of hydrogen-bond acceptors (Lipinski definition) is 4. The molecule has 2 heterocycles.